The number of halogens is 2. The second-order valence-corrected chi connectivity index (χ2v) is 4.87. The molecule has 122 valence electrons. The van der Waals surface area contributed by atoms with Crippen LogP contribution in [0.2, 0.25) is 0 Å². The van der Waals surface area contributed by atoms with Gasteiger partial charge in [0.2, 0.25) is 6.41 Å². The number of ether oxygens (including phenoxy) is 1. The Bertz CT molecular complexity index is 693. The molecule has 1 aliphatic heterocycles. The van der Waals surface area contributed by atoms with Crippen LogP contribution < -0.4 is 10.2 Å². The van der Waals surface area contributed by atoms with E-state index in [1.165, 1.54) is 11.0 Å². The molecule has 0 saturated carbocycles. The van der Waals surface area contributed by atoms with E-state index in [1.807, 2.05) is 0 Å². The van der Waals surface area contributed by atoms with Gasteiger partial charge in [-0.2, -0.15) is 0 Å². The minimum absolute atomic E-state index is 0. The normalized spacial score (nSPS) is 16.7. The van der Waals surface area contributed by atoms with Crippen molar-refractivity contribution in [3.8, 4) is 5.69 Å². The summed E-state index contributed by atoms with van der Waals surface area (Å²) in [6, 6.07) is 8.17. The number of aromatic nitrogens is 1. The summed E-state index contributed by atoms with van der Waals surface area (Å²) >= 11 is 0. The zero-order chi connectivity index (χ0) is 15.5. The highest BCUT2D eigenvalue weighted by Gasteiger charge is 2.32. The van der Waals surface area contributed by atoms with Gasteiger partial charge in [0.15, 0.2) is 0 Å². The highest BCUT2D eigenvalue weighted by atomic mass is 35.5. The van der Waals surface area contributed by atoms with E-state index in [-0.39, 0.29) is 25.5 Å². The predicted octanol–water partition coefficient (Wildman–Crippen LogP) is 2.11. The summed E-state index contributed by atoms with van der Waals surface area (Å²) in [5.74, 6) is -0.434. The van der Waals surface area contributed by atoms with Crippen LogP contribution in [0, 0.1) is 5.82 Å². The fourth-order valence-corrected chi connectivity index (χ4v) is 2.39. The van der Waals surface area contributed by atoms with Crippen molar-refractivity contribution >= 4 is 30.6 Å². The van der Waals surface area contributed by atoms with E-state index in [9.17, 15) is 14.0 Å². The van der Waals surface area contributed by atoms with Gasteiger partial charge >= 0.3 is 6.09 Å². The Morgan fingerprint density at radius 1 is 1.35 bits per heavy atom. The lowest BCUT2D eigenvalue weighted by atomic mass is 10.2. The molecule has 0 radical (unpaired) electrons. The minimum Gasteiger partial charge on any atom is -0.442 e. The van der Waals surface area contributed by atoms with Gasteiger partial charge in [-0.25, -0.2) is 9.18 Å². The average Bonchev–Trinajstić information content (AvgIpc) is 3.14. The first-order valence-electron chi connectivity index (χ1n) is 6.77. The van der Waals surface area contributed by atoms with E-state index in [2.05, 4.69) is 5.32 Å². The lowest BCUT2D eigenvalue weighted by molar-refractivity contribution is -0.109. The molecular weight excluding hydrogens is 325 g/mol. The third-order valence-electron chi connectivity index (χ3n) is 3.43. The molecule has 0 bridgehead atoms. The van der Waals surface area contributed by atoms with Crippen molar-refractivity contribution in [2.24, 2.45) is 0 Å². The highest BCUT2D eigenvalue weighted by Crippen LogP contribution is 2.25. The predicted molar refractivity (Wildman–Crippen MR) is 84.7 cm³/mol. The summed E-state index contributed by atoms with van der Waals surface area (Å²) in [4.78, 5) is 23.5. The van der Waals surface area contributed by atoms with Crippen molar-refractivity contribution in [3.05, 3.63) is 48.5 Å². The molecule has 1 saturated heterocycles. The number of hydrogen-bond donors (Lipinski definition) is 1. The van der Waals surface area contributed by atoms with Gasteiger partial charge in [-0.1, -0.05) is 0 Å². The van der Waals surface area contributed by atoms with Crippen molar-refractivity contribution in [1.82, 2.24) is 9.88 Å². The Morgan fingerprint density at radius 2 is 2.09 bits per heavy atom. The lowest BCUT2D eigenvalue weighted by Crippen LogP contribution is -2.30. The number of hydrogen-bond acceptors (Lipinski definition) is 3. The first-order chi connectivity index (χ1) is 10.7. The maximum Gasteiger partial charge on any atom is 0.414 e. The molecule has 0 unspecified atom stereocenters. The first kappa shape index (κ1) is 16.8. The summed E-state index contributed by atoms with van der Waals surface area (Å²) in [5.41, 5.74) is 0.826. The molecule has 2 amide bonds. The second kappa shape index (κ2) is 7.15. The summed E-state index contributed by atoms with van der Waals surface area (Å²) in [6.45, 7) is 0.498. The van der Waals surface area contributed by atoms with Crippen LogP contribution in [0.1, 0.15) is 0 Å². The number of nitrogens with zero attached hydrogens (tertiary/aromatic N) is 2. The Kier molecular flexibility index (Phi) is 5.23. The van der Waals surface area contributed by atoms with Crippen molar-refractivity contribution in [2.75, 3.05) is 18.0 Å². The van der Waals surface area contributed by atoms with Crippen LogP contribution in [-0.2, 0) is 9.53 Å². The first-order valence-corrected chi connectivity index (χ1v) is 6.77. The second-order valence-electron chi connectivity index (χ2n) is 4.87. The van der Waals surface area contributed by atoms with Gasteiger partial charge in [0.25, 0.3) is 0 Å². The van der Waals surface area contributed by atoms with E-state index in [4.69, 9.17) is 4.74 Å². The van der Waals surface area contributed by atoms with E-state index < -0.39 is 18.0 Å². The van der Waals surface area contributed by atoms with Gasteiger partial charge in [-0.3, -0.25) is 9.69 Å². The Balaban J connectivity index is 0.00000192. The topological polar surface area (TPSA) is 63.6 Å². The third kappa shape index (κ3) is 3.45. The molecule has 2 aromatic rings. The fourth-order valence-electron chi connectivity index (χ4n) is 2.39. The highest BCUT2D eigenvalue weighted by molar-refractivity contribution is 5.89. The van der Waals surface area contributed by atoms with Crippen LogP contribution >= 0.6 is 12.4 Å². The summed E-state index contributed by atoms with van der Waals surface area (Å²) in [5, 5.41) is 2.46. The van der Waals surface area contributed by atoms with Crippen LogP contribution in [0.4, 0.5) is 14.9 Å². The number of benzene rings is 1. The third-order valence-corrected chi connectivity index (χ3v) is 3.43. The molecule has 6 nitrogen and oxygen atoms in total. The monoisotopic (exact) mass is 339 g/mol. The SMILES string of the molecule is Cl.O=CNC[C@H]1CN(c2ccc(-n3cccc3)c(F)c2)C(=O)O1. The molecular formula is C15H15ClFN3O3. The zero-order valence-corrected chi connectivity index (χ0v) is 12.8. The summed E-state index contributed by atoms with van der Waals surface area (Å²) in [7, 11) is 0. The van der Waals surface area contributed by atoms with Crippen molar-refractivity contribution in [3.63, 3.8) is 0 Å². The number of rotatable bonds is 5. The maximum atomic E-state index is 14.2. The molecule has 8 heteroatoms. The molecule has 0 spiro atoms. The van der Waals surface area contributed by atoms with Gasteiger partial charge in [-0.05, 0) is 30.3 Å². The number of carbonyl (C=O) groups is 2. The minimum atomic E-state index is -0.550. The smallest absolute Gasteiger partial charge is 0.414 e. The molecule has 1 aromatic carbocycles. The summed E-state index contributed by atoms with van der Waals surface area (Å²) < 4.78 is 21.0. The number of nitrogens with one attached hydrogen (secondary N) is 1. The molecule has 0 aliphatic carbocycles. The summed E-state index contributed by atoms with van der Waals surface area (Å²) in [6.07, 6.45) is 3.03. The van der Waals surface area contributed by atoms with Gasteiger partial charge in [-0.15, -0.1) is 12.4 Å². The van der Waals surface area contributed by atoms with E-state index >= 15 is 0 Å². The Morgan fingerprint density at radius 3 is 2.74 bits per heavy atom. The molecule has 1 N–H and O–H groups in total. The van der Waals surface area contributed by atoms with E-state index in [1.54, 1.807) is 41.2 Å². The number of carbonyl (C=O) groups excluding carboxylic acids is 2. The van der Waals surface area contributed by atoms with Crippen LogP contribution in [0.15, 0.2) is 42.7 Å². The van der Waals surface area contributed by atoms with Gasteiger partial charge in [0, 0.05) is 12.4 Å². The van der Waals surface area contributed by atoms with E-state index in [0.29, 0.717) is 17.8 Å². The van der Waals surface area contributed by atoms with Crippen molar-refractivity contribution < 1.29 is 18.7 Å². The standard InChI is InChI=1S/C15H14FN3O3.ClH/c16-13-7-11(3-4-14(13)18-5-1-2-6-18)19-9-12(8-17-10-20)22-15(19)21;/h1-7,10,12H,8-9H2,(H,17,20);1H/t12-;/m0./s1. The Labute approximate surface area is 138 Å². The molecule has 2 heterocycles. The zero-order valence-electron chi connectivity index (χ0n) is 12.0. The maximum absolute atomic E-state index is 14.2. The number of cyclic esters (lactones) is 1. The largest absolute Gasteiger partial charge is 0.442 e. The molecule has 1 aromatic heterocycles. The lowest BCUT2D eigenvalue weighted by Gasteiger charge is -2.14. The van der Waals surface area contributed by atoms with Crippen LogP contribution in [0.25, 0.3) is 5.69 Å². The molecule has 23 heavy (non-hydrogen) atoms. The molecule has 1 atom stereocenters. The van der Waals surface area contributed by atoms with Crippen molar-refractivity contribution in [1.29, 1.82) is 0 Å². The fraction of sp³-hybridized carbons (Fsp3) is 0.200. The molecule has 1 aliphatic rings. The van der Waals surface area contributed by atoms with Crippen molar-refractivity contribution in [2.45, 2.75) is 6.10 Å². The molecule has 1 fully saturated rings. The van der Waals surface area contributed by atoms with Gasteiger partial charge < -0.3 is 14.6 Å². The average molecular weight is 340 g/mol. The Hall–Kier alpha value is -2.54. The quantitative estimate of drug-likeness (QED) is 0.849. The van der Waals surface area contributed by atoms with Crippen LogP contribution in [0.3, 0.4) is 0 Å². The van der Waals surface area contributed by atoms with E-state index in [0.717, 1.165) is 0 Å². The van der Waals surface area contributed by atoms with Gasteiger partial charge in [0.1, 0.15) is 11.9 Å². The molecule has 3 rings (SSSR count). The number of anilines is 1. The number of amides is 2. The van der Waals surface area contributed by atoms with Crippen LogP contribution in [0.5, 0.6) is 0 Å². The van der Waals surface area contributed by atoms with Gasteiger partial charge in [0.05, 0.1) is 24.5 Å². The van der Waals surface area contributed by atoms with Crippen LogP contribution in [-0.4, -0.2) is 36.3 Å².